The van der Waals surface area contributed by atoms with Gasteiger partial charge in [0.2, 0.25) is 5.89 Å². The van der Waals surface area contributed by atoms with Crippen LogP contribution in [-0.4, -0.2) is 14.5 Å². The first-order valence-corrected chi connectivity index (χ1v) is 9.02. The summed E-state index contributed by atoms with van der Waals surface area (Å²) in [5, 5.41) is 0.925. The molecular weight excluding hydrogens is 330 g/mol. The molecule has 4 nitrogen and oxygen atoms in total. The van der Waals surface area contributed by atoms with Crippen LogP contribution in [0.25, 0.3) is 17.0 Å². The smallest absolute Gasteiger partial charge is 0.205 e. The number of thioether (sulfide) groups is 1. The molecule has 4 aromatic rings. The van der Waals surface area contributed by atoms with E-state index < -0.39 is 0 Å². The van der Waals surface area contributed by atoms with Crippen LogP contribution in [0.3, 0.4) is 0 Å². The average Bonchev–Trinajstić information content (AvgIpc) is 3.30. The van der Waals surface area contributed by atoms with E-state index in [0.29, 0.717) is 11.6 Å². The summed E-state index contributed by atoms with van der Waals surface area (Å²) in [6, 6.07) is 18.3. The Bertz CT molecular complexity index is 975. The fourth-order valence-electron chi connectivity index (χ4n) is 2.65. The summed E-state index contributed by atoms with van der Waals surface area (Å²) < 4.78 is 7.97. The van der Waals surface area contributed by atoms with Crippen molar-refractivity contribution in [2.24, 2.45) is 0 Å². The molecule has 0 N–H and O–H groups in total. The Morgan fingerprint density at radius 3 is 2.64 bits per heavy atom. The van der Waals surface area contributed by atoms with Crippen molar-refractivity contribution in [3.63, 3.8) is 0 Å². The van der Waals surface area contributed by atoms with E-state index >= 15 is 0 Å². The molecule has 2 aromatic carbocycles. The first kappa shape index (κ1) is 15.7. The lowest BCUT2D eigenvalue weighted by Gasteiger charge is -2.09. The van der Waals surface area contributed by atoms with E-state index in [1.165, 1.54) is 5.56 Å². The van der Waals surface area contributed by atoms with Gasteiger partial charge < -0.3 is 4.42 Å². The van der Waals surface area contributed by atoms with Crippen LogP contribution in [0.15, 0.2) is 82.8 Å². The Balaban J connectivity index is 1.51. The number of aromatic nitrogens is 3. The van der Waals surface area contributed by atoms with Crippen molar-refractivity contribution >= 4 is 11.8 Å². The Labute approximate surface area is 150 Å². The molecule has 0 saturated carbocycles. The average molecular weight is 347 g/mol. The highest BCUT2D eigenvalue weighted by Gasteiger charge is 2.11. The van der Waals surface area contributed by atoms with Gasteiger partial charge >= 0.3 is 0 Å². The van der Waals surface area contributed by atoms with Crippen molar-refractivity contribution in [3.05, 3.63) is 84.6 Å². The molecule has 0 atom stereocenters. The molecule has 4 rings (SSSR count). The molecule has 0 spiro atoms. The van der Waals surface area contributed by atoms with Crippen LogP contribution in [-0.2, 0) is 5.75 Å². The number of hydrogen-bond donors (Lipinski definition) is 0. The summed E-state index contributed by atoms with van der Waals surface area (Å²) in [6.45, 7) is 2.10. The van der Waals surface area contributed by atoms with E-state index in [-0.39, 0.29) is 0 Å². The number of oxazole rings is 1. The maximum atomic E-state index is 5.87. The second-order valence-electron chi connectivity index (χ2n) is 5.64. The van der Waals surface area contributed by atoms with Crippen molar-refractivity contribution < 1.29 is 4.42 Å². The number of aryl methyl sites for hydroxylation is 1. The van der Waals surface area contributed by atoms with Crippen LogP contribution in [0.4, 0.5) is 0 Å². The van der Waals surface area contributed by atoms with Crippen molar-refractivity contribution in [2.45, 2.75) is 17.8 Å². The van der Waals surface area contributed by atoms with Gasteiger partial charge in [0.1, 0.15) is 0 Å². The monoisotopic (exact) mass is 347 g/mol. The molecule has 0 fully saturated rings. The van der Waals surface area contributed by atoms with Crippen LogP contribution in [0.5, 0.6) is 0 Å². The molecule has 0 bridgehead atoms. The predicted molar refractivity (Wildman–Crippen MR) is 99.8 cm³/mol. The molecule has 0 amide bonds. The lowest BCUT2D eigenvalue weighted by atomic mass is 10.2. The second kappa shape index (κ2) is 6.99. The fraction of sp³-hybridized carbons (Fsp3) is 0.100. The van der Waals surface area contributed by atoms with Gasteiger partial charge in [0.15, 0.2) is 10.9 Å². The summed E-state index contributed by atoms with van der Waals surface area (Å²) in [6.07, 6.45) is 5.58. The van der Waals surface area contributed by atoms with Crippen molar-refractivity contribution in [1.29, 1.82) is 0 Å². The Kier molecular flexibility index (Phi) is 4.39. The maximum absolute atomic E-state index is 5.87. The number of imidazole rings is 1. The molecule has 124 valence electrons. The predicted octanol–water partition coefficient (Wildman–Crippen LogP) is 5.13. The van der Waals surface area contributed by atoms with Gasteiger partial charge in [-0.2, -0.15) is 0 Å². The van der Waals surface area contributed by atoms with Gasteiger partial charge in [0, 0.05) is 18.0 Å². The lowest BCUT2D eigenvalue weighted by molar-refractivity contribution is 0.529. The third kappa shape index (κ3) is 3.37. The van der Waals surface area contributed by atoms with Gasteiger partial charge in [-0.25, -0.2) is 9.97 Å². The number of para-hydroxylation sites is 1. The fourth-order valence-corrected chi connectivity index (χ4v) is 3.47. The van der Waals surface area contributed by atoms with Crippen molar-refractivity contribution in [3.8, 4) is 17.0 Å². The molecule has 0 aliphatic heterocycles. The lowest BCUT2D eigenvalue weighted by Crippen LogP contribution is -1.97. The molecule has 25 heavy (non-hydrogen) atoms. The van der Waals surface area contributed by atoms with E-state index in [1.807, 2.05) is 54.9 Å². The number of rotatable bonds is 5. The quantitative estimate of drug-likeness (QED) is 0.470. The van der Waals surface area contributed by atoms with Gasteiger partial charge in [0.25, 0.3) is 0 Å². The summed E-state index contributed by atoms with van der Waals surface area (Å²) in [7, 11) is 0. The van der Waals surface area contributed by atoms with E-state index in [4.69, 9.17) is 4.42 Å². The first-order chi connectivity index (χ1) is 12.3. The highest BCUT2D eigenvalue weighted by atomic mass is 32.2. The Hall–Kier alpha value is -2.79. The number of benzene rings is 2. The van der Waals surface area contributed by atoms with Crippen molar-refractivity contribution in [1.82, 2.24) is 14.5 Å². The molecule has 2 aromatic heterocycles. The van der Waals surface area contributed by atoms with E-state index in [2.05, 4.69) is 33.6 Å². The highest BCUT2D eigenvalue weighted by Crippen LogP contribution is 2.27. The van der Waals surface area contributed by atoms with Gasteiger partial charge in [0.05, 0.1) is 17.6 Å². The van der Waals surface area contributed by atoms with E-state index in [0.717, 1.165) is 22.2 Å². The zero-order valence-electron chi connectivity index (χ0n) is 13.8. The largest absolute Gasteiger partial charge is 0.440 e. The Morgan fingerprint density at radius 1 is 1.00 bits per heavy atom. The summed E-state index contributed by atoms with van der Waals surface area (Å²) in [4.78, 5) is 8.86. The molecule has 5 heteroatoms. The zero-order valence-corrected chi connectivity index (χ0v) is 14.6. The Morgan fingerprint density at radius 2 is 1.80 bits per heavy atom. The third-order valence-corrected chi connectivity index (χ3v) is 4.87. The van der Waals surface area contributed by atoms with Gasteiger partial charge in [-0.3, -0.25) is 4.57 Å². The minimum absolute atomic E-state index is 0.635. The van der Waals surface area contributed by atoms with E-state index in [9.17, 15) is 0 Å². The standard InChI is InChI=1S/C20H17N3OS/c1-15-7-5-6-10-17(15)23-12-11-21-20(23)25-14-19-22-13-18(24-19)16-8-3-2-4-9-16/h2-13H,14H2,1H3. The number of hydrogen-bond acceptors (Lipinski definition) is 4. The van der Waals surface area contributed by atoms with Crippen LogP contribution in [0, 0.1) is 6.92 Å². The highest BCUT2D eigenvalue weighted by molar-refractivity contribution is 7.98. The normalized spacial score (nSPS) is 10.9. The van der Waals surface area contributed by atoms with Crippen molar-refractivity contribution in [2.75, 3.05) is 0 Å². The maximum Gasteiger partial charge on any atom is 0.205 e. The SMILES string of the molecule is Cc1ccccc1-n1ccnc1SCc1ncc(-c2ccccc2)o1. The number of nitrogens with zero attached hydrogens (tertiary/aromatic N) is 3. The second-order valence-corrected chi connectivity index (χ2v) is 6.58. The minimum Gasteiger partial charge on any atom is -0.440 e. The van der Waals surface area contributed by atoms with Crippen LogP contribution in [0.1, 0.15) is 11.5 Å². The molecule has 2 heterocycles. The van der Waals surface area contributed by atoms with Gasteiger partial charge in [-0.1, -0.05) is 60.3 Å². The van der Waals surface area contributed by atoms with Crippen LogP contribution >= 0.6 is 11.8 Å². The minimum atomic E-state index is 0.635. The van der Waals surface area contributed by atoms with Gasteiger partial charge in [-0.05, 0) is 18.6 Å². The molecular formula is C20H17N3OS. The molecule has 0 radical (unpaired) electrons. The third-order valence-electron chi connectivity index (χ3n) is 3.92. The first-order valence-electron chi connectivity index (χ1n) is 8.03. The molecule has 0 aliphatic rings. The summed E-state index contributed by atoms with van der Waals surface area (Å²) in [5.41, 5.74) is 3.39. The molecule has 0 saturated heterocycles. The topological polar surface area (TPSA) is 43.9 Å². The van der Waals surface area contributed by atoms with Crippen LogP contribution in [0.2, 0.25) is 0 Å². The summed E-state index contributed by atoms with van der Waals surface area (Å²) >= 11 is 1.61. The van der Waals surface area contributed by atoms with Gasteiger partial charge in [-0.15, -0.1) is 0 Å². The van der Waals surface area contributed by atoms with Crippen LogP contribution < -0.4 is 0 Å². The molecule has 0 unspecified atom stereocenters. The molecule has 0 aliphatic carbocycles. The summed E-state index contributed by atoms with van der Waals surface area (Å²) in [5.74, 6) is 2.12. The zero-order chi connectivity index (χ0) is 17.1. The van der Waals surface area contributed by atoms with E-state index in [1.54, 1.807) is 18.0 Å².